The summed E-state index contributed by atoms with van der Waals surface area (Å²) >= 11 is 1.60. The number of hydrogen-bond donors (Lipinski definition) is 2. The van der Waals surface area contributed by atoms with Gasteiger partial charge in [-0.05, 0) is 36.4 Å². The first-order chi connectivity index (χ1) is 12.8. The SMILES string of the molecule is O=C(NCCNc1nc2ccccc2s1)c1ccc(-n2cncn2)cc1. The molecule has 7 nitrogen and oxygen atoms in total. The maximum Gasteiger partial charge on any atom is 0.251 e. The molecule has 0 fully saturated rings. The fourth-order valence-electron chi connectivity index (χ4n) is 2.50. The van der Waals surface area contributed by atoms with E-state index in [9.17, 15) is 4.79 Å². The van der Waals surface area contributed by atoms with Gasteiger partial charge in [-0.15, -0.1) is 0 Å². The Balaban J connectivity index is 1.28. The zero-order valence-electron chi connectivity index (χ0n) is 13.8. The van der Waals surface area contributed by atoms with E-state index in [2.05, 4.69) is 25.7 Å². The number of carbonyl (C=O) groups is 1. The Morgan fingerprint density at radius 1 is 1.08 bits per heavy atom. The van der Waals surface area contributed by atoms with Crippen molar-refractivity contribution in [1.82, 2.24) is 25.1 Å². The van der Waals surface area contributed by atoms with E-state index >= 15 is 0 Å². The Bertz CT molecular complexity index is 977. The number of para-hydroxylation sites is 1. The Morgan fingerprint density at radius 3 is 2.69 bits per heavy atom. The first-order valence-corrected chi connectivity index (χ1v) is 8.94. The lowest BCUT2D eigenvalue weighted by molar-refractivity contribution is 0.0955. The topological polar surface area (TPSA) is 84.7 Å². The van der Waals surface area contributed by atoms with Crippen LogP contribution in [0.4, 0.5) is 5.13 Å². The highest BCUT2D eigenvalue weighted by atomic mass is 32.1. The quantitative estimate of drug-likeness (QED) is 0.514. The van der Waals surface area contributed by atoms with Gasteiger partial charge in [-0.3, -0.25) is 4.79 Å². The van der Waals surface area contributed by atoms with E-state index in [1.807, 2.05) is 36.4 Å². The minimum absolute atomic E-state index is 0.110. The van der Waals surface area contributed by atoms with Crippen molar-refractivity contribution in [3.8, 4) is 5.69 Å². The molecular weight excluding hydrogens is 348 g/mol. The number of carbonyl (C=O) groups excluding carboxylic acids is 1. The molecule has 0 aliphatic heterocycles. The van der Waals surface area contributed by atoms with Gasteiger partial charge in [-0.1, -0.05) is 23.5 Å². The second kappa shape index (κ2) is 7.32. The number of benzene rings is 2. The molecule has 2 heterocycles. The summed E-state index contributed by atoms with van der Waals surface area (Å²) < 4.78 is 2.79. The molecule has 0 unspecified atom stereocenters. The van der Waals surface area contributed by atoms with Gasteiger partial charge in [0, 0.05) is 18.7 Å². The third-order valence-corrected chi connectivity index (χ3v) is 4.79. The fraction of sp³-hybridized carbons (Fsp3) is 0.111. The fourth-order valence-corrected chi connectivity index (χ4v) is 3.39. The van der Waals surface area contributed by atoms with Crippen LogP contribution in [-0.4, -0.2) is 38.7 Å². The van der Waals surface area contributed by atoms with Crippen molar-refractivity contribution < 1.29 is 4.79 Å². The van der Waals surface area contributed by atoms with Crippen molar-refractivity contribution in [3.63, 3.8) is 0 Å². The predicted molar refractivity (Wildman–Crippen MR) is 102 cm³/mol. The number of anilines is 1. The van der Waals surface area contributed by atoms with Gasteiger partial charge in [0.1, 0.15) is 12.7 Å². The number of thiazole rings is 1. The highest BCUT2D eigenvalue weighted by Gasteiger charge is 2.06. The smallest absolute Gasteiger partial charge is 0.251 e. The molecule has 4 rings (SSSR count). The van der Waals surface area contributed by atoms with Gasteiger partial charge in [-0.25, -0.2) is 14.6 Å². The summed E-state index contributed by atoms with van der Waals surface area (Å²) in [5.74, 6) is -0.110. The largest absolute Gasteiger partial charge is 0.360 e. The molecule has 0 saturated carbocycles. The number of aromatic nitrogens is 4. The van der Waals surface area contributed by atoms with E-state index in [1.54, 1.807) is 34.5 Å². The Kier molecular flexibility index (Phi) is 4.57. The van der Waals surface area contributed by atoms with E-state index in [0.29, 0.717) is 18.7 Å². The highest BCUT2D eigenvalue weighted by molar-refractivity contribution is 7.22. The summed E-state index contributed by atoms with van der Waals surface area (Å²) in [6.45, 7) is 1.13. The van der Waals surface area contributed by atoms with Crippen molar-refractivity contribution in [1.29, 1.82) is 0 Å². The number of amides is 1. The zero-order chi connectivity index (χ0) is 17.8. The number of hydrogen-bond acceptors (Lipinski definition) is 6. The van der Waals surface area contributed by atoms with Crippen molar-refractivity contribution >= 4 is 32.6 Å². The lowest BCUT2D eigenvalue weighted by Crippen LogP contribution is -2.28. The second-order valence-corrected chi connectivity index (χ2v) is 6.59. The molecule has 0 atom stereocenters. The van der Waals surface area contributed by atoms with Crippen LogP contribution in [0.5, 0.6) is 0 Å². The Hall–Kier alpha value is -3.26. The van der Waals surface area contributed by atoms with E-state index in [4.69, 9.17) is 0 Å². The van der Waals surface area contributed by atoms with Crippen molar-refractivity contribution in [3.05, 3.63) is 66.7 Å². The van der Waals surface area contributed by atoms with Crippen molar-refractivity contribution in [2.24, 2.45) is 0 Å². The number of nitrogens with one attached hydrogen (secondary N) is 2. The van der Waals surface area contributed by atoms with E-state index < -0.39 is 0 Å². The molecule has 0 aliphatic carbocycles. The van der Waals surface area contributed by atoms with Gasteiger partial charge in [0.05, 0.1) is 15.9 Å². The third kappa shape index (κ3) is 3.55. The summed E-state index contributed by atoms with van der Waals surface area (Å²) in [4.78, 5) is 20.6. The maximum absolute atomic E-state index is 12.2. The van der Waals surface area contributed by atoms with Crippen LogP contribution in [-0.2, 0) is 0 Å². The summed E-state index contributed by atoms with van der Waals surface area (Å²) in [7, 11) is 0. The molecule has 2 aromatic carbocycles. The van der Waals surface area contributed by atoms with E-state index in [-0.39, 0.29) is 5.91 Å². The summed E-state index contributed by atoms with van der Waals surface area (Å²) in [5, 5.41) is 11.1. The molecule has 2 aromatic heterocycles. The molecule has 0 bridgehead atoms. The van der Waals surface area contributed by atoms with Crippen LogP contribution in [0.3, 0.4) is 0 Å². The van der Waals surface area contributed by atoms with E-state index in [1.165, 1.54) is 6.33 Å². The lowest BCUT2D eigenvalue weighted by Gasteiger charge is -2.07. The summed E-state index contributed by atoms with van der Waals surface area (Å²) in [6.07, 6.45) is 3.09. The minimum atomic E-state index is -0.110. The second-order valence-electron chi connectivity index (χ2n) is 5.56. The molecule has 1 amide bonds. The van der Waals surface area contributed by atoms with Gasteiger partial charge in [0.15, 0.2) is 5.13 Å². The molecule has 8 heteroatoms. The van der Waals surface area contributed by atoms with Crippen LogP contribution in [0, 0.1) is 0 Å². The highest BCUT2D eigenvalue weighted by Crippen LogP contribution is 2.24. The molecule has 0 saturated heterocycles. The van der Waals surface area contributed by atoms with Gasteiger partial charge in [0.2, 0.25) is 0 Å². The third-order valence-electron chi connectivity index (χ3n) is 3.79. The number of nitrogens with zero attached hydrogens (tertiary/aromatic N) is 4. The normalized spacial score (nSPS) is 10.8. The molecular formula is C18H16N6OS. The average molecular weight is 364 g/mol. The Morgan fingerprint density at radius 2 is 1.92 bits per heavy atom. The van der Waals surface area contributed by atoms with Crippen LogP contribution in [0.25, 0.3) is 15.9 Å². The first-order valence-electron chi connectivity index (χ1n) is 8.12. The molecule has 26 heavy (non-hydrogen) atoms. The van der Waals surface area contributed by atoms with Crippen LogP contribution >= 0.6 is 11.3 Å². The predicted octanol–water partition coefficient (Wildman–Crippen LogP) is 2.72. The number of rotatable bonds is 6. The van der Waals surface area contributed by atoms with Gasteiger partial charge < -0.3 is 10.6 Å². The van der Waals surface area contributed by atoms with E-state index in [0.717, 1.165) is 21.0 Å². The van der Waals surface area contributed by atoms with Crippen molar-refractivity contribution in [2.75, 3.05) is 18.4 Å². The summed E-state index contributed by atoms with van der Waals surface area (Å²) in [6, 6.07) is 15.2. The van der Waals surface area contributed by atoms with Gasteiger partial charge in [-0.2, -0.15) is 5.10 Å². The van der Waals surface area contributed by atoms with Crippen LogP contribution < -0.4 is 10.6 Å². The Labute approximate surface area is 153 Å². The minimum Gasteiger partial charge on any atom is -0.360 e. The monoisotopic (exact) mass is 364 g/mol. The maximum atomic E-state index is 12.2. The van der Waals surface area contributed by atoms with Crippen LogP contribution in [0.1, 0.15) is 10.4 Å². The first kappa shape index (κ1) is 16.2. The number of fused-ring (bicyclic) bond motifs is 1. The standard InChI is InChI=1S/C18H16N6OS/c25-17(13-5-7-14(8-6-13)24-12-19-11-22-24)20-9-10-21-18-23-15-3-1-2-4-16(15)26-18/h1-8,11-12H,9-10H2,(H,20,25)(H,21,23). The van der Waals surface area contributed by atoms with Crippen LogP contribution in [0.15, 0.2) is 61.2 Å². The summed E-state index contributed by atoms with van der Waals surface area (Å²) in [5.41, 5.74) is 2.45. The molecule has 2 N–H and O–H groups in total. The lowest BCUT2D eigenvalue weighted by atomic mass is 10.2. The molecule has 0 spiro atoms. The molecule has 130 valence electrons. The molecule has 0 aliphatic rings. The van der Waals surface area contributed by atoms with Gasteiger partial charge >= 0.3 is 0 Å². The van der Waals surface area contributed by atoms with Crippen LogP contribution in [0.2, 0.25) is 0 Å². The zero-order valence-corrected chi connectivity index (χ0v) is 14.6. The molecule has 4 aromatic rings. The van der Waals surface area contributed by atoms with Crippen molar-refractivity contribution in [2.45, 2.75) is 0 Å². The average Bonchev–Trinajstić information content (AvgIpc) is 3.34. The molecule has 0 radical (unpaired) electrons. The van der Waals surface area contributed by atoms with Gasteiger partial charge in [0.25, 0.3) is 5.91 Å².